The van der Waals surface area contributed by atoms with Crippen LogP contribution in [0.15, 0.2) is 28.8 Å². The standard InChI is InChI=1S/C17H19FN4O2/c18-12-5-3-11(4-6-12)10-15-20-17(21-24-15)22-9-1-2-14(22)16(23)19-13-7-8-13/h3-6,13-14H,1-2,7-10H2,(H,19,23). The van der Waals surface area contributed by atoms with Crippen LogP contribution in [0.25, 0.3) is 0 Å². The third kappa shape index (κ3) is 3.25. The second kappa shape index (κ2) is 6.22. The lowest BCUT2D eigenvalue weighted by Gasteiger charge is -2.21. The van der Waals surface area contributed by atoms with E-state index in [-0.39, 0.29) is 17.8 Å². The molecule has 24 heavy (non-hydrogen) atoms. The van der Waals surface area contributed by atoms with Crippen molar-refractivity contribution in [3.8, 4) is 0 Å². The van der Waals surface area contributed by atoms with Gasteiger partial charge >= 0.3 is 0 Å². The van der Waals surface area contributed by atoms with Crippen LogP contribution in [-0.2, 0) is 11.2 Å². The van der Waals surface area contributed by atoms with Crippen LogP contribution in [0, 0.1) is 5.82 Å². The van der Waals surface area contributed by atoms with Crippen LogP contribution in [0.4, 0.5) is 10.3 Å². The molecule has 1 atom stereocenters. The van der Waals surface area contributed by atoms with Crippen molar-refractivity contribution in [1.82, 2.24) is 15.5 Å². The average molecular weight is 330 g/mol. The van der Waals surface area contributed by atoms with Gasteiger partial charge in [0.2, 0.25) is 11.8 Å². The van der Waals surface area contributed by atoms with Crippen molar-refractivity contribution in [3.63, 3.8) is 0 Å². The molecule has 4 rings (SSSR count). The molecule has 2 heterocycles. The molecule has 1 aliphatic carbocycles. The molecule has 1 N–H and O–H groups in total. The zero-order valence-electron chi connectivity index (χ0n) is 13.2. The fourth-order valence-electron chi connectivity index (χ4n) is 3.01. The first kappa shape index (κ1) is 15.1. The first-order valence-electron chi connectivity index (χ1n) is 8.33. The van der Waals surface area contributed by atoms with E-state index in [1.54, 1.807) is 12.1 Å². The number of hydrogen-bond acceptors (Lipinski definition) is 5. The van der Waals surface area contributed by atoms with Gasteiger partial charge in [0.05, 0.1) is 6.42 Å². The van der Waals surface area contributed by atoms with Crippen LogP contribution in [0.1, 0.15) is 37.1 Å². The van der Waals surface area contributed by atoms with E-state index in [9.17, 15) is 9.18 Å². The van der Waals surface area contributed by atoms with Crippen molar-refractivity contribution in [3.05, 3.63) is 41.5 Å². The van der Waals surface area contributed by atoms with E-state index in [1.807, 2.05) is 4.90 Å². The molecule has 1 aromatic heterocycles. The number of nitrogens with one attached hydrogen (secondary N) is 1. The van der Waals surface area contributed by atoms with Crippen LogP contribution < -0.4 is 10.2 Å². The molecule has 1 aromatic carbocycles. The molecule has 2 aliphatic rings. The van der Waals surface area contributed by atoms with Gasteiger partial charge in [-0.15, -0.1) is 0 Å². The van der Waals surface area contributed by atoms with Gasteiger partial charge in [-0.2, -0.15) is 4.98 Å². The minimum Gasteiger partial charge on any atom is -0.352 e. The van der Waals surface area contributed by atoms with E-state index in [2.05, 4.69) is 15.5 Å². The number of amides is 1. The van der Waals surface area contributed by atoms with E-state index in [0.717, 1.165) is 37.8 Å². The summed E-state index contributed by atoms with van der Waals surface area (Å²) in [4.78, 5) is 18.7. The molecule has 0 radical (unpaired) electrons. The monoisotopic (exact) mass is 330 g/mol. The quantitative estimate of drug-likeness (QED) is 0.908. The molecular formula is C17H19FN4O2. The van der Waals surface area contributed by atoms with Crippen LogP contribution in [0.5, 0.6) is 0 Å². The van der Waals surface area contributed by atoms with Gasteiger partial charge in [0.15, 0.2) is 0 Å². The Hall–Kier alpha value is -2.44. The largest absolute Gasteiger partial charge is 0.352 e. The number of benzene rings is 1. The Morgan fingerprint density at radius 2 is 2.08 bits per heavy atom. The van der Waals surface area contributed by atoms with Gasteiger partial charge in [0, 0.05) is 12.6 Å². The van der Waals surface area contributed by atoms with Crippen LogP contribution in [0.2, 0.25) is 0 Å². The Labute approximate surface area is 139 Å². The van der Waals surface area contributed by atoms with Crippen molar-refractivity contribution in [2.45, 2.75) is 44.2 Å². The molecule has 2 aromatic rings. The maximum Gasteiger partial charge on any atom is 0.266 e. The van der Waals surface area contributed by atoms with E-state index >= 15 is 0 Å². The third-order valence-corrected chi connectivity index (χ3v) is 4.46. The summed E-state index contributed by atoms with van der Waals surface area (Å²) < 4.78 is 18.3. The Balaban J connectivity index is 1.44. The molecule has 0 spiro atoms. The lowest BCUT2D eigenvalue weighted by molar-refractivity contribution is -0.122. The van der Waals surface area contributed by atoms with Gasteiger partial charge in [0.1, 0.15) is 11.9 Å². The summed E-state index contributed by atoms with van der Waals surface area (Å²) >= 11 is 0. The molecular weight excluding hydrogens is 311 g/mol. The summed E-state index contributed by atoms with van der Waals surface area (Å²) in [5.41, 5.74) is 0.899. The Kier molecular flexibility index (Phi) is 3.92. The predicted molar refractivity (Wildman–Crippen MR) is 85.0 cm³/mol. The Morgan fingerprint density at radius 3 is 2.83 bits per heavy atom. The van der Waals surface area contributed by atoms with Crippen molar-refractivity contribution < 1.29 is 13.7 Å². The second-order valence-corrected chi connectivity index (χ2v) is 6.43. The predicted octanol–water partition coefficient (Wildman–Crippen LogP) is 2.05. The normalized spacial score (nSPS) is 20.4. The zero-order chi connectivity index (χ0) is 16.5. The molecule has 1 aliphatic heterocycles. The van der Waals surface area contributed by atoms with Crippen molar-refractivity contribution in [2.75, 3.05) is 11.4 Å². The van der Waals surface area contributed by atoms with Crippen molar-refractivity contribution in [2.24, 2.45) is 0 Å². The minimum atomic E-state index is -0.272. The molecule has 7 heteroatoms. The average Bonchev–Trinajstić information content (AvgIpc) is 3.08. The summed E-state index contributed by atoms with van der Waals surface area (Å²) in [7, 11) is 0. The molecule has 2 fully saturated rings. The summed E-state index contributed by atoms with van der Waals surface area (Å²) in [6.45, 7) is 0.748. The number of anilines is 1. The number of halogens is 1. The van der Waals surface area contributed by atoms with E-state index in [4.69, 9.17) is 4.52 Å². The molecule has 1 saturated carbocycles. The number of carbonyl (C=O) groups excluding carboxylic acids is 1. The SMILES string of the molecule is O=C(NC1CC1)C1CCCN1c1noc(Cc2ccc(F)cc2)n1. The molecule has 1 saturated heterocycles. The van der Waals surface area contributed by atoms with Crippen LogP contribution in [-0.4, -0.2) is 34.7 Å². The lowest BCUT2D eigenvalue weighted by Crippen LogP contribution is -2.44. The summed E-state index contributed by atoms with van der Waals surface area (Å²) in [5.74, 6) is 0.705. The van der Waals surface area contributed by atoms with Gasteiger partial charge in [-0.1, -0.05) is 12.1 Å². The molecule has 1 unspecified atom stereocenters. The third-order valence-electron chi connectivity index (χ3n) is 4.46. The summed E-state index contributed by atoms with van der Waals surface area (Å²) in [6.07, 6.45) is 4.33. The topological polar surface area (TPSA) is 71.3 Å². The summed E-state index contributed by atoms with van der Waals surface area (Å²) in [5, 5.41) is 7.07. The van der Waals surface area contributed by atoms with E-state index in [1.165, 1.54) is 12.1 Å². The number of nitrogens with zero attached hydrogens (tertiary/aromatic N) is 3. The summed E-state index contributed by atoms with van der Waals surface area (Å²) in [6, 6.07) is 6.33. The fraction of sp³-hybridized carbons (Fsp3) is 0.471. The van der Waals surface area contributed by atoms with Gasteiger partial charge in [0.25, 0.3) is 5.95 Å². The fourth-order valence-corrected chi connectivity index (χ4v) is 3.01. The number of carbonyl (C=O) groups is 1. The first-order valence-corrected chi connectivity index (χ1v) is 8.33. The highest BCUT2D eigenvalue weighted by atomic mass is 19.1. The number of aromatic nitrogens is 2. The Bertz CT molecular complexity index is 726. The highest BCUT2D eigenvalue weighted by Crippen LogP contribution is 2.25. The highest BCUT2D eigenvalue weighted by molar-refractivity contribution is 5.85. The lowest BCUT2D eigenvalue weighted by atomic mass is 10.1. The van der Waals surface area contributed by atoms with Gasteiger partial charge < -0.3 is 14.7 Å². The smallest absolute Gasteiger partial charge is 0.266 e. The maximum absolute atomic E-state index is 13.0. The maximum atomic E-state index is 13.0. The van der Waals surface area contributed by atoms with Gasteiger partial charge in [-0.25, -0.2) is 4.39 Å². The number of rotatable bonds is 5. The highest BCUT2D eigenvalue weighted by Gasteiger charge is 2.36. The van der Waals surface area contributed by atoms with Crippen molar-refractivity contribution in [1.29, 1.82) is 0 Å². The molecule has 0 bridgehead atoms. The van der Waals surface area contributed by atoms with Crippen LogP contribution >= 0.6 is 0 Å². The Morgan fingerprint density at radius 1 is 1.29 bits per heavy atom. The molecule has 126 valence electrons. The van der Waals surface area contributed by atoms with Gasteiger partial charge in [-0.05, 0) is 48.5 Å². The number of hydrogen-bond donors (Lipinski definition) is 1. The van der Waals surface area contributed by atoms with E-state index < -0.39 is 0 Å². The molecule has 1 amide bonds. The zero-order valence-corrected chi connectivity index (χ0v) is 13.2. The first-order chi connectivity index (χ1) is 11.7. The van der Waals surface area contributed by atoms with Crippen LogP contribution in [0.3, 0.4) is 0 Å². The van der Waals surface area contributed by atoms with E-state index in [0.29, 0.717) is 24.3 Å². The minimum absolute atomic E-state index is 0.0554. The van der Waals surface area contributed by atoms with Crippen molar-refractivity contribution >= 4 is 11.9 Å². The second-order valence-electron chi connectivity index (χ2n) is 6.43. The van der Waals surface area contributed by atoms with Gasteiger partial charge in [-0.3, -0.25) is 4.79 Å². The molecule has 6 nitrogen and oxygen atoms in total.